The van der Waals surface area contributed by atoms with E-state index in [0.717, 1.165) is 18.9 Å². The Bertz CT molecular complexity index is 1200. The summed E-state index contributed by atoms with van der Waals surface area (Å²) in [6, 6.07) is 6.86. The van der Waals surface area contributed by atoms with Gasteiger partial charge in [0, 0.05) is 32.5 Å². The van der Waals surface area contributed by atoms with Crippen molar-refractivity contribution in [2.45, 2.75) is 64.0 Å². The van der Waals surface area contributed by atoms with Gasteiger partial charge in [-0.1, -0.05) is 25.0 Å². The van der Waals surface area contributed by atoms with Crippen LogP contribution in [0, 0.1) is 11.3 Å². The number of carbonyl (C=O) groups is 2. The predicted molar refractivity (Wildman–Crippen MR) is 138 cm³/mol. The van der Waals surface area contributed by atoms with Gasteiger partial charge in [0.1, 0.15) is 11.4 Å². The van der Waals surface area contributed by atoms with E-state index in [1.54, 1.807) is 22.9 Å². The van der Waals surface area contributed by atoms with Gasteiger partial charge in [-0.2, -0.15) is 5.10 Å². The quantitative estimate of drug-likeness (QED) is 0.356. The van der Waals surface area contributed by atoms with Crippen LogP contribution in [0.1, 0.15) is 64.7 Å². The van der Waals surface area contributed by atoms with Crippen molar-refractivity contribution in [1.29, 1.82) is 0 Å². The summed E-state index contributed by atoms with van der Waals surface area (Å²) in [5, 5.41) is 20.4. The molecule has 212 valence electrons. The lowest BCUT2D eigenvalue weighted by Crippen LogP contribution is -2.53. The number of amides is 2. The van der Waals surface area contributed by atoms with Gasteiger partial charge in [0.15, 0.2) is 6.61 Å². The molecule has 1 aromatic carbocycles. The molecule has 0 radical (unpaired) electrons. The fourth-order valence-electron chi connectivity index (χ4n) is 5.05. The molecule has 0 bridgehead atoms. The highest BCUT2D eigenvalue weighted by molar-refractivity contribution is 6.07. The topological polar surface area (TPSA) is 115 Å². The zero-order valence-corrected chi connectivity index (χ0v) is 22.2. The molecule has 2 fully saturated rings. The van der Waals surface area contributed by atoms with Crippen LogP contribution < -0.4 is 15.4 Å². The number of nitrogens with one attached hydrogen (secondary N) is 2. The first-order valence-corrected chi connectivity index (χ1v) is 13.6. The van der Waals surface area contributed by atoms with Gasteiger partial charge in [0.25, 0.3) is 17.7 Å². The van der Waals surface area contributed by atoms with Crippen molar-refractivity contribution < 1.29 is 33.0 Å². The van der Waals surface area contributed by atoms with Crippen LogP contribution in [0.3, 0.4) is 0 Å². The maximum atomic E-state index is 13.3. The summed E-state index contributed by atoms with van der Waals surface area (Å²) in [4.78, 5) is 26.6. The van der Waals surface area contributed by atoms with Crippen molar-refractivity contribution in [3.63, 3.8) is 0 Å². The first-order chi connectivity index (χ1) is 18.6. The SMILES string of the molecule is CC(F)(F)COc1cccc(CC[C@H]2Cc3nn(CCC4CC4)c(C(=O)NCC4(CO)COC4)c3C(=O)N2)c1. The van der Waals surface area contributed by atoms with Gasteiger partial charge in [-0.3, -0.25) is 14.3 Å². The number of hydrogen-bond donors (Lipinski definition) is 3. The Morgan fingerprint density at radius 2 is 2.13 bits per heavy atom. The Kier molecular flexibility index (Phi) is 7.91. The molecule has 0 unspecified atom stereocenters. The molecule has 2 amide bonds. The van der Waals surface area contributed by atoms with Crippen molar-refractivity contribution in [3.05, 3.63) is 46.8 Å². The first-order valence-electron chi connectivity index (χ1n) is 13.6. The number of aryl methyl sites for hydroxylation is 2. The molecular formula is C28H36F2N4O5. The number of benzene rings is 1. The van der Waals surface area contributed by atoms with Gasteiger partial charge in [-0.05, 0) is 42.9 Å². The second kappa shape index (κ2) is 11.2. The van der Waals surface area contributed by atoms with Crippen LogP contribution in [0.2, 0.25) is 0 Å². The summed E-state index contributed by atoms with van der Waals surface area (Å²) in [5.74, 6) is -2.59. The molecule has 3 N–H and O–H groups in total. The van der Waals surface area contributed by atoms with E-state index in [0.29, 0.717) is 61.9 Å². The predicted octanol–water partition coefficient (Wildman–Crippen LogP) is 2.74. The standard InChI is InChI=1S/C28H36F2N4O5/c1-27(29,30)15-39-21-4-2-3-19(11-21)7-8-20-12-22-23(25(36)32-20)24(34(33-22)10-9-18-5-6-18)26(37)31-13-28(14-35)16-38-17-28/h2-4,11,18,20,35H,5-10,12-17H2,1H3,(H,31,37)(H,32,36)/t20-/m0/s1. The maximum Gasteiger partial charge on any atom is 0.278 e. The molecule has 0 spiro atoms. The molecule has 39 heavy (non-hydrogen) atoms. The maximum absolute atomic E-state index is 13.3. The van der Waals surface area contributed by atoms with Crippen LogP contribution >= 0.6 is 0 Å². The minimum absolute atomic E-state index is 0.0887. The monoisotopic (exact) mass is 546 g/mol. The first kappa shape index (κ1) is 27.5. The average molecular weight is 547 g/mol. The summed E-state index contributed by atoms with van der Waals surface area (Å²) in [6.07, 6.45) is 4.98. The van der Waals surface area contributed by atoms with Crippen LogP contribution in [-0.2, 0) is 24.1 Å². The third-order valence-corrected chi connectivity index (χ3v) is 7.64. The van der Waals surface area contributed by atoms with E-state index in [-0.39, 0.29) is 36.7 Å². The molecule has 2 aromatic rings. The van der Waals surface area contributed by atoms with E-state index in [1.807, 2.05) is 6.07 Å². The Hall–Kier alpha value is -3.05. The lowest BCUT2D eigenvalue weighted by molar-refractivity contribution is -0.133. The molecule has 2 aliphatic heterocycles. The number of alkyl halides is 2. The zero-order valence-electron chi connectivity index (χ0n) is 22.2. The van der Waals surface area contributed by atoms with Crippen LogP contribution in [-0.4, -0.2) is 71.6 Å². The molecule has 1 aromatic heterocycles. The number of halogens is 2. The van der Waals surface area contributed by atoms with E-state index in [2.05, 4.69) is 10.6 Å². The molecule has 5 rings (SSSR count). The number of aliphatic hydroxyl groups excluding tert-OH is 1. The number of rotatable bonds is 13. The van der Waals surface area contributed by atoms with E-state index in [4.69, 9.17) is 14.6 Å². The average Bonchev–Trinajstić information content (AvgIpc) is 3.63. The minimum Gasteiger partial charge on any atom is -0.487 e. The molecule has 1 saturated heterocycles. The molecule has 3 heterocycles. The highest BCUT2D eigenvalue weighted by Gasteiger charge is 2.40. The Morgan fingerprint density at radius 1 is 1.33 bits per heavy atom. The van der Waals surface area contributed by atoms with Crippen LogP contribution in [0.5, 0.6) is 5.75 Å². The van der Waals surface area contributed by atoms with Crippen LogP contribution in [0.25, 0.3) is 0 Å². The van der Waals surface area contributed by atoms with E-state index in [9.17, 15) is 23.5 Å². The summed E-state index contributed by atoms with van der Waals surface area (Å²) in [5.41, 5.74) is 1.63. The van der Waals surface area contributed by atoms with Gasteiger partial charge < -0.3 is 25.2 Å². The Labute approximate surface area is 226 Å². The fourth-order valence-corrected chi connectivity index (χ4v) is 5.05. The van der Waals surface area contributed by atoms with E-state index in [1.165, 1.54) is 12.8 Å². The lowest BCUT2D eigenvalue weighted by Gasteiger charge is -2.39. The minimum atomic E-state index is -2.91. The molecule has 1 aliphatic carbocycles. The molecule has 9 nitrogen and oxygen atoms in total. The van der Waals surface area contributed by atoms with Crippen molar-refractivity contribution in [2.75, 3.05) is 33.0 Å². The molecule has 11 heteroatoms. The van der Waals surface area contributed by atoms with Gasteiger partial charge in [-0.15, -0.1) is 0 Å². The normalized spacial score (nSPS) is 20.1. The molecule has 1 saturated carbocycles. The van der Waals surface area contributed by atoms with Crippen LogP contribution in [0.15, 0.2) is 24.3 Å². The van der Waals surface area contributed by atoms with E-state index < -0.39 is 17.9 Å². The van der Waals surface area contributed by atoms with Gasteiger partial charge in [0.2, 0.25) is 0 Å². The number of fused-ring (bicyclic) bond motifs is 1. The summed E-state index contributed by atoms with van der Waals surface area (Å²) in [7, 11) is 0. The Morgan fingerprint density at radius 3 is 2.79 bits per heavy atom. The number of hydrogen-bond acceptors (Lipinski definition) is 6. The third kappa shape index (κ3) is 6.75. The summed E-state index contributed by atoms with van der Waals surface area (Å²) < 4.78 is 38.4. The third-order valence-electron chi connectivity index (χ3n) is 7.64. The van der Waals surface area contributed by atoms with E-state index >= 15 is 0 Å². The largest absolute Gasteiger partial charge is 0.487 e. The second-order valence-corrected chi connectivity index (χ2v) is 11.4. The highest BCUT2D eigenvalue weighted by atomic mass is 19.3. The summed E-state index contributed by atoms with van der Waals surface area (Å²) in [6.45, 7) is 1.62. The number of ether oxygens (including phenoxy) is 2. The van der Waals surface area contributed by atoms with Crippen molar-refractivity contribution in [3.8, 4) is 5.75 Å². The van der Waals surface area contributed by atoms with Crippen molar-refractivity contribution in [2.24, 2.45) is 11.3 Å². The molecular weight excluding hydrogens is 510 g/mol. The fraction of sp³-hybridized carbons (Fsp3) is 0.607. The van der Waals surface area contributed by atoms with Crippen LogP contribution in [0.4, 0.5) is 8.78 Å². The zero-order chi connectivity index (χ0) is 27.6. The highest BCUT2D eigenvalue weighted by Crippen LogP contribution is 2.33. The van der Waals surface area contributed by atoms with Crippen molar-refractivity contribution in [1.82, 2.24) is 20.4 Å². The number of aromatic nitrogens is 2. The van der Waals surface area contributed by atoms with Gasteiger partial charge in [-0.25, -0.2) is 8.78 Å². The summed E-state index contributed by atoms with van der Waals surface area (Å²) >= 11 is 0. The molecule has 1 atom stereocenters. The second-order valence-electron chi connectivity index (χ2n) is 11.4. The number of nitrogens with zero attached hydrogens (tertiary/aromatic N) is 2. The smallest absolute Gasteiger partial charge is 0.278 e. The van der Waals surface area contributed by atoms with Gasteiger partial charge in [0.05, 0.1) is 36.5 Å². The van der Waals surface area contributed by atoms with Crippen molar-refractivity contribution >= 4 is 11.8 Å². The Balaban J connectivity index is 1.26. The number of aliphatic hydroxyl groups is 1. The van der Waals surface area contributed by atoms with Gasteiger partial charge >= 0.3 is 0 Å². The number of carbonyl (C=O) groups excluding carboxylic acids is 2. The molecule has 3 aliphatic rings. The lowest BCUT2D eigenvalue weighted by atomic mass is 9.87.